The van der Waals surface area contributed by atoms with Gasteiger partial charge in [0.2, 0.25) is 5.91 Å². The fourth-order valence-corrected chi connectivity index (χ4v) is 2.68. The summed E-state index contributed by atoms with van der Waals surface area (Å²) in [6, 6.07) is 14.8. The third-order valence-corrected chi connectivity index (χ3v) is 4.12. The van der Waals surface area contributed by atoms with Crippen molar-refractivity contribution in [2.45, 2.75) is 13.2 Å². The highest BCUT2D eigenvalue weighted by atomic mass is 19.3. The van der Waals surface area contributed by atoms with E-state index in [1.54, 1.807) is 48.8 Å². The monoisotopic (exact) mass is 426 g/mol. The lowest BCUT2D eigenvalue weighted by Gasteiger charge is -2.12. The molecule has 6 nitrogen and oxygen atoms in total. The van der Waals surface area contributed by atoms with Crippen LogP contribution in [0.5, 0.6) is 17.2 Å². The first-order chi connectivity index (χ1) is 15.0. The molecule has 160 valence electrons. The van der Waals surface area contributed by atoms with Crippen LogP contribution in [0.4, 0.5) is 14.5 Å². The zero-order chi connectivity index (χ0) is 22.1. The van der Waals surface area contributed by atoms with Gasteiger partial charge in [-0.2, -0.15) is 8.78 Å². The molecule has 1 aromatic heterocycles. The van der Waals surface area contributed by atoms with E-state index >= 15 is 0 Å². The predicted octanol–water partition coefficient (Wildman–Crippen LogP) is 4.92. The second kappa shape index (κ2) is 10.7. The van der Waals surface area contributed by atoms with E-state index in [1.165, 1.54) is 25.3 Å². The number of amides is 1. The van der Waals surface area contributed by atoms with E-state index in [0.29, 0.717) is 29.4 Å². The third-order valence-electron chi connectivity index (χ3n) is 4.12. The molecule has 31 heavy (non-hydrogen) atoms. The molecular formula is C23H20F2N2O4. The lowest BCUT2D eigenvalue weighted by atomic mass is 10.2. The molecule has 1 heterocycles. The van der Waals surface area contributed by atoms with E-state index in [4.69, 9.17) is 9.47 Å². The van der Waals surface area contributed by atoms with Crippen LogP contribution in [-0.2, 0) is 11.4 Å². The number of rotatable bonds is 9. The van der Waals surface area contributed by atoms with E-state index in [2.05, 4.69) is 15.0 Å². The predicted molar refractivity (Wildman–Crippen MR) is 112 cm³/mol. The van der Waals surface area contributed by atoms with Crippen LogP contribution in [0.2, 0.25) is 0 Å². The first-order valence-electron chi connectivity index (χ1n) is 9.28. The number of nitrogens with one attached hydrogen (secondary N) is 1. The topological polar surface area (TPSA) is 69.7 Å². The Hall–Kier alpha value is -3.94. The Balaban J connectivity index is 1.68. The number of alkyl halides is 2. The number of halogens is 2. The SMILES string of the molecule is COc1ccc(NC(=O)/C=C/c2ccccc2OC(F)F)cc1OCc1ccncc1. The molecule has 3 rings (SSSR count). The molecule has 0 unspecified atom stereocenters. The van der Waals surface area contributed by atoms with Crippen molar-refractivity contribution in [1.29, 1.82) is 0 Å². The summed E-state index contributed by atoms with van der Waals surface area (Å²) in [6.45, 7) is -2.65. The molecule has 0 aliphatic carbocycles. The van der Waals surface area contributed by atoms with Crippen LogP contribution in [0.25, 0.3) is 6.08 Å². The van der Waals surface area contributed by atoms with Crippen molar-refractivity contribution >= 4 is 17.7 Å². The van der Waals surface area contributed by atoms with Crippen molar-refractivity contribution in [3.63, 3.8) is 0 Å². The number of benzene rings is 2. The summed E-state index contributed by atoms with van der Waals surface area (Å²) in [7, 11) is 1.52. The maximum Gasteiger partial charge on any atom is 0.387 e. The minimum Gasteiger partial charge on any atom is -0.493 e. The molecule has 1 amide bonds. The van der Waals surface area contributed by atoms with Crippen molar-refractivity contribution in [2.24, 2.45) is 0 Å². The van der Waals surface area contributed by atoms with Crippen molar-refractivity contribution in [3.05, 3.63) is 84.2 Å². The van der Waals surface area contributed by atoms with E-state index < -0.39 is 12.5 Å². The smallest absolute Gasteiger partial charge is 0.387 e. The minimum atomic E-state index is -2.95. The summed E-state index contributed by atoms with van der Waals surface area (Å²) in [5.41, 5.74) is 1.77. The van der Waals surface area contributed by atoms with Gasteiger partial charge in [-0.3, -0.25) is 9.78 Å². The minimum absolute atomic E-state index is 0.0159. The lowest BCUT2D eigenvalue weighted by molar-refractivity contribution is -0.111. The van der Waals surface area contributed by atoms with E-state index in [1.807, 2.05) is 12.1 Å². The van der Waals surface area contributed by atoms with Gasteiger partial charge in [0.25, 0.3) is 0 Å². The van der Waals surface area contributed by atoms with Gasteiger partial charge >= 0.3 is 6.61 Å². The quantitative estimate of drug-likeness (QED) is 0.492. The number of hydrogen-bond acceptors (Lipinski definition) is 5. The Kier molecular flexibility index (Phi) is 7.53. The fourth-order valence-electron chi connectivity index (χ4n) is 2.68. The molecule has 0 saturated carbocycles. The van der Waals surface area contributed by atoms with E-state index in [-0.39, 0.29) is 5.75 Å². The molecule has 0 aliphatic rings. The lowest BCUT2D eigenvalue weighted by Crippen LogP contribution is -2.08. The van der Waals surface area contributed by atoms with Crippen molar-refractivity contribution in [1.82, 2.24) is 4.98 Å². The zero-order valence-electron chi connectivity index (χ0n) is 16.6. The Labute approximate surface area is 178 Å². The van der Waals surface area contributed by atoms with Crippen molar-refractivity contribution in [3.8, 4) is 17.2 Å². The summed E-state index contributed by atoms with van der Waals surface area (Å²) < 4.78 is 40.6. The normalized spacial score (nSPS) is 10.8. The Morgan fingerprint density at radius 2 is 1.84 bits per heavy atom. The largest absolute Gasteiger partial charge is 0.493 e. The Morgan fingerprint density at radius 3 is 2.58 bits per heavy atom. The molecular weight excluding hydrogens is 406 g/mol. The number of carbonyl (C=O) groups is 1. The first kappa shape index (κ1) is 21.8. The van der Waals surface area contributed by atoms with Gasteiger partial charge < -0.3 is 19.5 Å². The Morgan fingerprint density at radius 1 is 1.06 bits per heavy atom. The average Bonchev–Trinajstić information content (AvgIpc) is 2.77. The van der Waals surface area contributed by atoms with Crippen LogP contribution in [-0.4, -0.2) is 24.6 Å². The molecule has 0 saturated heterocycles. The molecule has 8 heteroatoms. The summed E-state index contributed by atoms with van der Waals surface area (Å²) in [4.78, 5) is 16.3. The third kappa shape index (κ3) is 6.53. The van der Waals surface area contributed by atoms with Gasteiger partial charge in [-0.15, -0.1) is 0 Å². The van der Waals surface area contributed by atoms with Crippen LogP contribution in [0.3, 0.4) is 0 Å². The zero-order valence-corrected chi connectivity index (χ0v) is 16.6. The maximum atomic E-state index is 12.5. The van der Waals surface area contributed by atoms with Gasteiger partial charge in [-0.05, 0) is 42.0 Å². The average molecular weight is 426 g/mol. The highest BCUT2D eigenvalue weighted by molar-refractivity contribution is 6.02. The molecule has 0 spiro atoms. The number of nitrogens with zero attached hydrogens (tertiary/aromatic N) is 1. The van der Waals surface area contributed by atoms with E-state index in [9.17, 15) is 13.6 Å². The first-order valence-corrected chi connectivity index (χ1v) is 9.28. The number of hydrogen-bond donors (Lipinski definition) is 1. The van der Waals surface area contributed by atoms with Crippen molar-refractivity contribution < 1.29 is 27.8 Å². The molecule has 0 bridgehead atoms. The number of para-hydroxylation sites is 1. The number of ether oxygens (including phenoxy) is 3. The van der Waals surface area contributed by atoms with Gasteiger partial charge in [-0.25, -0.2) is 0 Å². The van der Waals surface area contributed by atoms with Crippen LogP contribution >= 0.6 is 0 Å². The molecule has 2 aromatic carbocycles. The summed E-state index contributed by atoms with van der Waals surface area (Å²) >= 11 is 0. The van der Waals surface area contributed by atoms with Crippen LogP contribution < -0.4 is 19.5 Å². The second-order valence-corrected chi connectivity index (χ2v) is 6.25. The number of anilines is 1. The van der Waals surface area contributed by atoms with Gasteiger partial charge in [0.15, 0.2) is 11.5 Å². The van der Waals surface area contributed by atoms with Crippen LogP contribution in [0, 0.1) is 0 Å². The fraction of sp³-hybridized carbons (Fsp3) is 0.130. The highest BCUT2D eigenvalue weighted by Gasteiger charge is 2.09. The Bertz CT molecular complexity index is 1040. The highest BCUT2D eigenvalue weighted by Crippen LogP contribution is 2.31. The van der Waals surface area contributed by atoms with Gasteiger partial charge in [0.05, 0.1) is 7.11 Å². The number of aromatic nitrogens is 1. The molecule has 0 aliphatic heterocycles. The van der Waals surface area contributed by atoms with E-state index in [0.717, 1.165) is 5.56 Å². The van der Waals surface area contributed by atoms with Crippen LogP contribution in [0.15, 0.2) is 73.1 Å². The molecule has 1 N–H and O–H groups in total. The summed E-state index contributed by atoms with van der Waals surface area (Å²) in [5.74, 6) is 0.507. The number of pyridine rings is 1. The summed E-state index contributed by atoms with van der Waals surface area (Å²) in [6.07, 6.45) is 5.97. The number of carbonyl (C=O) groups excluding carboxylic acids is 1. The van der Waals surface area contributed by atoms with Gasteiger partial charge in [0, 0.05) is 35.8 Å². The van der Waals surface area contributed by atoms with Crippen LogP contribution in [0.1, 0.15) is 11.1 Å². The molecule has 3 aromatic rings. The van der Waals surface area contributed by atoms with Crippen molar-refractivity contribution in [2.75, 3.05) is 12.4 Å². The molecule has 0 radical (unpaired) electrons. The standard InChI is InChI=1S/C23H20F2N2O4/c1-29-20-8-7-18(14-21(20)30-15-16-10-12-26-13-11-16)27-22(28)9-6-17-4-2-3-5-19(17)31-23(24)25/h2-14,23H,15H2,1H3,(H,27,28)/b9-6+. The van der Waals surface area contributed by atoms with Gasteiger partial charge in [-0.1, -0.05) is 18.2 Å². The van der Waals surface area contributed by atoms with Gasteiger partial charge in [0.1, 0.15) is 12.4 Å². The number of methoxy groups -OCH3 is 1. The molecule has 0 fully saturated rings. The maximum absolute atomic E-state index is 12.5. The summed E-state index contributed by atoms with van der Waals surface area (Å²) in [5, 5.41) is 2.70. The second-order valence-electron chi connectivity index (χ2n) is 6.25. The molecule has 0 atom stereocenters.